The molecule has 1 unspecified atom stereocenters. The summed E-state index contributed by atoms with van der Waals surface area (Å²) in [6.07, 6.45) is 1.60. The Bertz CT molecular complexity index is 1620. The highest BCUT2D eigenvalue weighted by Gasteiger charge is 2.40. The highest BCUT2D eigenvalue weighted by molar-refractivity contribution is 14.1. The summed E-state index contributed by atoms with van der Waals surface area (Å²) in [5.41, 5.74) is 2.40. The predicted molar refractivity (Wildman–Crippen MR) is 153 cm³/mol. The number of amides is 1. The molecule has 8 nitrogen and oxygen atoms in total. The average molecular weight is 659 g/mol. The summed E-state index contributed by atoms with van der Waals surface area (Å²) >= 11 is 0.916. The summed E-state index contributed by atoms with van der Waals surface area (Å²) in [7, 11) is 0. The number of allylic oxidation sites excluding steroid dienone is 3. The van der Waals surface area contributed by atoms with E-state index in [0.717, 1.165) is 40.3 Å². The molecule has 2 aromatic carbocycles. The van der Waals surface area contributed by atoms with E-state index in [2.05, 4.69) is 10.6 Å². The second kappa shape index (κ2) is 10.6. The molecule has 0 fully saturated rings. The summed E-state index contributed by atoms with van der Waals surface area (Å²) < 4.78 is 30.5. The van der Waals surface area contributed by atoms with Gasteiger partial charge < -0.3 is 15.1 Å². The Morgan fingerprint density at radius 1 is 1.15 bits per heavy atom. The lowest BCUT2D eigenvalue weighted by atomic mass is 9.77. The fourth-order valence-electron chi connectivity index (χ4n) is 5.19. The molecule has 40 heavy (non-hydrogen) atoms. The quantitative estimate of drug-likeness (QED) is 0.125. The minimum atomic E-state index is -3.30. The van der Waals surface area contributed by atoms with Gasteiger partial charge in [-0.1, -0.05) is 24.3 Å². The monoisotopic (exact) mass is 659 g/mol. The van der Waals surface area contributed by atoms with Crippen LogP contribution in [0.2, 0.25) is 0 Å². The molecule has 0 spiro atoms. The van der Waals surface area contributed by atoms with Crippen LogP contribution in [-0.4, -0.2) is 16.6 Å². The Hall–Kier alpha value is -3.87. The number of carbonyl (C=O) groups excluding carboxylic acids is 2. The van der Waals surface area contributed by atoms with Crippen molar-refractivity contribution in [2.24, 2.45) is 0 Å². The van der Waals surface area contributed by atoms with Crippen molar-refractivity contribution < 1.29 is 27.7 Å². The van der Waals surface area contributed by atoms with Crippen LogP contribution in [0, 0.1) is 17.0 Å². The Morgan fingerprint density at radius 3 is 2.60 bits per heavy atom. The molecule has 1 aromatic heterocycles. The summed E-state index contributed by atoms with van der Waals surface area (Å²) in [5.74, 6) is -1.10. The molecule has 2 N–H and O–H groups in total. The SMILES string of the molecule is CC1=C(C(=O)Nc2ccccc2C)C(c2ccc(-c3ccc(C(F)(F)I)cc3[N+](=O)[O-])o2)C2=C(CCCC2=O)N1. The van der Waals surface area contributed by atoms with Crippen LogP contribution in [0.1, 0.15) is 49.0 Å². The largest absolute Gasteiger partial charge is 0.460 e. The smallest absolute Gasteiger partial charge is 0.321 e. The molecular weight excluding hydrogens is 635 g/mol. The first-order valence-corrected chi connectivity index (χ1v) is 13.6. The molecule has 11 heteroatoms. The fraction of sp³-hybridized carbons (Fsp3) is 0.241. The van der Waals surface area contributed by atoms with Crippen molar-refractivity contribution >= 4 is 45.7 Å². The molecule has 2 aliphatic rings. The maximum Gasteiger partial charge on any atom is 0.321 e. The molecule has 2 heterocycles. The van der Waals surface area contributed by atoms with Crippen LogP contribution >= 0.6 is 22.6 Å². The minimum Gasteiger partial charge on any atom is -0.460 e. The average Bonchev–Trinajstić information content (AvgIpc) is 3.38. The number of furan rings is 1. The van der Waals surface area contributed by atoms with Crippen molar-refractivity contribution in [1.29, 1.82) is 0 Å². The molecule has 0 radical (unpaired) electrons. The Morgan fingerprint density at radius 2 is 1.90 bits per heavy atom. The zero-order chi connectivity index (χ0) is 28.8. The van der Waals surface area contributed by atoms with Gasteiger partial charge in [-0.2, -0.15) is 8.78 Å². The van der Waals surface area contributed by atoms with E-state index in [0.29, 0.717) is 41.9 Å². The van der Waals surface area contributed by atoms with E-state index in [1.807, 2.05) is 19.1 Å². The summed E-state index contributed by atoms with van der Waals surface area (Å²) in [4.78, 5) is 37.9. The van der Waals surface area contributed by atoms with Crippen molar-refractivity contribution in [3.05, 3.63) is 104 Å². The van der Waals surface area contributed by atoms with E-state index in [-0.39, 0.29) is 28.4 Å². The van der Waals surface area contributed by atoms with E-state index in [1.54, 1.807) is 25.1 Å². The second-order valence-corrected chi connectivity index (χ2v) is 11.1. The van der Waals surface area contributed by atoms with Gasteiger partial charge >= 0.3 is 3.93 Å². The van der Waals surface area contributed by atoms with Crippen LogP contribution in [-0.2, 0) is 13.5 Å². The van der Waals surface area contributed by atoms with Crippen LogP contribution < -0.4 is 10.6 Å². The molecular formula is C29H24F2IN3O5. The topological polar surface area (TPSA) is 114 Å². The normalized spacial score (nSPS) is 17.4. The number of anilines is 1. The van der Waals surface area contributed by atoms with Gasteiger partial charge in [-0.05, 0) is 56.5 Å². The van der Waals surface area contributed by atoms with E-state index in [4.69, 9.17) is 4.42 Å². The molecule has 0 saturated carbocycles. The number of dihydropyridines is 1. The summed E-state index contributed by atoms with van der Waals surface area (Å²) in [6.45, 7) is 3.62. The van der Waals surface area contributed by atoms with Gasteiger partial charge in [-0.3, -0.25) is 19.7 Å². The molecule has 0 bridgehead atoms. The van der Waals surface area contributed by atoms with Gasteiger partial charge in [-0.15, -0.1) is 0 Å². The van der Waals surface area contributed by atoms with Gasteiger partial charge in [0.1, 0.15) is 11.5 Å². The standard InChI is InChI=1S/C29H24F2IN3O5/c1-15-6-3-4-7-19(15)34-28(37)25-16(2)33-20-8-5-9-22(36)26(20)27(25)24-13-12-23(40-24)18-11-10-17(29(30,31)32)14-21(18)35(38)39/h3-4,6-7,10-14,27,33H,5,8-9H2,1-2H3,(H,34,37). The molecule has 3 aromatic rings. The third kappa shape index (κ3) is 5.17. The number of benzene rings is 2. The number of hydrogen-bond donors (Lipinski definition) is 2. The highest BCUT2D eigenvalue weighted by atomic mass is 127. The molecule has 1 aliphatic heterocycles. The molecule has 1 aliphatic carbocycles. The number of nitrogens with one attached hydrogen (secondary N) is 2. The van der Waals surface area contributed by atoms with E-state index in [1.165, 1.54) is 12.1 Å². The number of para-hydroxylation sites is 1. The van der Waals surface area contributed by atoms with Crippen molar-refractivity contribution in [3.63, 3.8) is 0 Å². The van der Waals surface area contributed by atoms with Crippen LogP contribution in [0.3, 0.4) is 0 Å². The number of rotatable bonds is 6. The Balaban J connectivity index is 1.60. The van der Waals surface area contributed by atoms with Gasteiger partial charge in [0.25, 0.3) is 11.6 Å². The molecule has 1 amide bonds. The van der Waals surface area contributed by atoms with Gasteiger partial charge in [0.2, 0.25) is 0 Å². The van der Waals surface area contributed by atoms with Crippen LogP contribution in [0.25, 0.3) is 11.3 Å². The van der Waals surface area contributed by atoms with Crippen LogP contribution in [0.4, 0.5) is 20.2 Å². The number of nitro benzene ring substituents is 1. The molecule has 5 rings (SSSR count). The number of aryl methyl sites for hydroxylation is 1. The first-order chi connectivity index (χ1) is 19.0. The Labute approximate surface area is 241 Å². The lowest BCUT2D eigenvalue weighted by Gasteiger charge is -2.33. The third-order valence-electron chi connectivity index (χ3n) is 7.11. The number of halogens is 3. The zero-order valence-corrected chi connectivity index (χ0v) is 23.7. The van der Waals surface area contributed by atoms with Crippen molar-refractivity contribution in [2.75, 3.05) is 5.32 Å². The van der Waals surface area contributed by atoms with Gasteiger partial charge in [0.15, 0.2) is 5.78 Å². The van der Waals surface area contributed by atoms with E-state index < -0.39 is 31.9 Å². The van der Waals surface area contributed by atoms with Crippen LogP contribution in [0.5, 0.6) is 0 Å². The number of Topliss-reactive ketones (excluding diaryl/α,β-unsaturated/α-hetero) is 1. The molecule has 206 valence electrons. The van der Waals surface area contributed by atoms with Crippen molar-refractivity contribution in [2.45, 2.75) is 43.0 Å². The second-order valence-electron chi connectivity index (χ2n) is 9.72. The summed E-state index contributed by atoms with van der Waals surface area (Å²) in [6, 6.07) is 13.5. The lowest BCUT2D eigenvalue weighted by Crippen LogP contribution is -2.35. The number of hydrogen-bond acceptors (Lipinski definition) is 6. The number of ketones is 1. The summed E-state index contributed by atoms with van der Waals surface area (Å²) in [5, 5.41) is 18.0. The van der Waals surface area contributed by atoms with Gasteiger partial charge in [0, 0.05) is 63.3 Å². The molecule has 1 atom stereocenters. The highest BCUT2D eigenvalue weighted by Crippen LogP contribution is 2.45. The van der Waals surface area contributed by atoms with Crippen molar-refractivity contribution in [3.8, 4) is 11.3 Å². The number of nitro groups is 1. The Kier molecular flexibility index (Phi) is 7.34. The van der Waals surface area contributed by atoms with Crippen molar-refractivity contribution in [1.82, 2.24) is 5.32 Å². The predicted octanol–water partition coefficient (Wildman–Crippen LogP) is 7.25. The van der Waals surface area contributed by atoms with Gasteiger partial charge in [0.05, 0.1) is 22.0 Å². The maximum absolute atomic E-state index is 13.9. The first kappa shape index (κ1) is 27.7. The van der Waals surface area contributed by atoms with E-state index in [9.17, 15) is 28.5 Å². The first-order valence-electron chi connectivity index (χ1n) is 12.5. The van der Waals surface area contributed by atoms with Crippen LogP contribution in [0.15, 0.2) is 81.6 Å². The zero-order valence-electron chi connectivity index (χ0n) is 21.5. The lowest BCUT2D eigenvalue weighted by molar-refractivity contribution is -0.384. The minimum absolute atomic E-state index is 0.00497. The van der Waals surface area contributed by atoms with E-state index >= 15 is 0 Å². The third-order valence-corrected chi connectivity index (χ3v) is 7.74. The fourth-order valence-corrected chi connectivity index (χ4v) is 5.53. The van der Waals surface area contributed by atoms with Gasteiger partial charge in [-0.25, -0.2) is 0 Å². The number of alkyl halides is 3. The molecule has 0 saturated heterocycles. The number of nitrogens with zero attached hydrogens (tertiary/aromatic N) is 1. The number of carbonyl (C=O) groups is 2. The maximum atomic E-state index is 13.9.